The minimum Gasteiger partial charge on any atom is -0.334 e. The molecule has 0 atom stereocenters. The second-order valence-corrected chi connectivity index (χ2v) is 7.59. The molecule has 0 N–H and O–H groups in total. The Morgan fingerprint density at radius 1 is 0.903 bits per heavy atom. The number of hydrogen-bond acceptors (Lipinski definition) is 4. The predicted octanol–water partition coefficient (Wildman–Crippen LogP) is 5.92. The van der Waals surface area contributed by atoms with Crippen LogP contribution in [0.2, 0.25) is 5.02 Å². The number of pyridine rings is 1. The molecule has 31 heavy (non-hydrogen) atoms. The van der Waals surface area contributed by atoms with Gasteiger partial charge in [0.1, 0.15) is 0 Å². The molecule has 3 aromatic carbocycles. The highest BCUT2D eigenvalue weighted by Crippen LogP contribution is 2.30. The molecule has 0 aliphatic rings. The van der Waals surface area contributed by atoms with E-state index in [9.17, 15) is 4.79 Å². The van der Waals surface area contributed by atoms with E-state index in [1.165, 1.54) is 5.56 Å². The Hall–Kier alpha value is -3.70. The van der Waals surface area contributed by atoms with Gasteiger partial charge in [0.25, 0.3) is 11.4 Å². The number of fused-ring (bicyclic) bond motifs is 1. The Morgan fingerprint density at radius 2 is 1.61 bits per heavy atom. The van der Waals surface area contributed by atoms with Crippen LogP contribution in [0.15, 0.2) is 88.3 Å². The third-order valence-corrected chi connectivity index (χ3v) is 5.65. The minimum atomic E-state index is -0.102. The number of aromatic nitrogens is 3. The lowest BCUT2D eigenvalue weighted by Crippen LogP contribution is -2.18. The van der Waals surface area contributed by atoms with Gasteiger partial charge in [0.05, 0.1) is 10.6 Å². The fraction of sp³-hybridized carbons (Fsp3) is 0.0800. The van der Waals surface area contributed by atoms with Crippen molar-refractivity contribution in [3.63, 3.8) is 0 Å². The maximum Gasteiger partial charge on any atom is 0.262 e. The summed E-state index contributed by atoms with van der Waals surface area (Å²) in [6.45, 7) is 2.10. The molecule has 5 aromatic rings. The summed E-state index contributed by atoms with van der Waals surface area (Å²) in [4.78, 5) is 17.8. The molecular formula is C25H18ClN3O2. The molecule has 0 unspecified atom stereocenters. The topological polar surface area (TPSA) is 60.9 Å². The SMILES string of the molecule is CCc1ccc(-n2cc(-c3nc(-c4ccccc4Cl)no3)c3ccccc3c2=O)cc1. The molecule has 0 fully saturated rings. The molecule has 5 nitrogen and oxygen atoms in total. The molecule has 0 aliphatic carbocycles. The van der Waals surface area contributed by atoms with Crippen LogP contribution in [-0.2, 0) is 6.42 Å². The van der Waals surface area contributed by atoms with E-state index in [4.69, 9.17) is 16.1 Å². The third kappa shape index (κ3) is 3.43. The van der Waals surface area contributed by atoms with Crippen LogP contribution in [0.3, 0.4) is 0 Å². The van der Waals surface area contributed by atoms with E-state index in [1.54, 1.807) is 16.8 Å². The average molecular weight is 428 g/mol. The van der Waals surface area contributed by atoms with Crippen molar-refractivity contribution in [2.75, 3.05) is 0 Å². The summed E-state index contributed by atoms with van der Waals surface area (Å²) in [6, 6.07) is 22.7. The number of aryl methyl sites for hydroxylation is 1. The maximum atomic E-state index is 13.2. The van der Waals surface area contributed by atoms with E-state index in [0.29, 0.717) is 33.3 Å². The van der Waals surface area contributed by atoms with E-state index in [2.05, 4.69) is 17.1 Å². The normalized spacial score (nSPS) is 11.2. The molecule has 0 aliphatic heterocycles. The van der Waals surface area contributed by atoms with Gasteiger partial charge in [0.2, 0.25) is 5.82 Å². The Kier molecular flexibility index (Phi) is 4.88. The van der Waals surface area contributed by atoms with Crippen molar-refractivity contribution in [1.82, 2.24) is 14.7 Å². The van der Waals surface area contributed by atoms with Gasteiger partial charge in [-0.25, -0.2) is 0 Å². The fourth-order valence-corrected chi connectivity index (χ4v) is 3.85. The standard InChI is InChI=1S/C25H18ClN3O2/c1-2-16-11-13-17(14-12-16)29-15-21(18-7-3-4-8-19(18)25(29)30)24-27-23(28-31-24)20-9-5-6-10-22(20)26/h3-15H,2H2,1H3. The van der Waals surface area contributed by atoms with E-state index < -0.39 is 0 Å². The summed E-state index contributed by atoms with van der Waals surface area (Å²) in [6.07, 6.45) is 2.69. The van der Waals surface area contributed by atoms with Gasteiger partial charge in [-0.3, -0.25) is 9.36 Å². The number of hydrogen-bond donors (Lipinski definition) is 0. The quantitative estimate of drug-likeness (QED) is 0.357. The number of rotatable bonds is 4. The van der Waals surface area contributed by atoms with Crippen LogP contribution in [-0.4, -0.2) is 14.7 Å². The smallest absolute Gasteiger partial charge is 0.262 e. The highest BCUT2D eigenvalue weighted by atomic mass is 35.5. The summed E-state index contributed by atoms with van der Waals surface area (Å²) in [5, 5.41) is 6.00. The lowest BCUT2D eigenvalue weighted by atomic mass is 10.1. The van der Waals surface area contributed by atoms with Crippen LogP contribution < -0.4 is 5.56 Å². The molecular weight excluding hydrogens is 410 g/mol. The van der Waals surface area contributed by atoms with Crippen LogP contribution in [0.5, 0.6) is 0 Å². The van der Waals surface area contributed by atoms with Crippen molar-refractivity contribution < 1.29 is 4.52 Å². The zero-order chi connectivity index (χ0) is 21.4. The second-order valence-electron chi connectivity index (χ2n) is 7.19. The van der Waals surface area contributed by atoms with Crippen LogP contribution in [0.1, 0.15) is 12.5 Å². The Morgan fingerprint density at radius 3 is 2.35 bits per heavy atom. The van der Waals surface area contributed by atoms with Crippen LogP contribution in [0.4, 0.5) is 0 Å². The largest absolute Gasteiger partial charge is 0.334 e. The van der Waals surface area contributed by atoms with Crippen molar-refractivity contribution in [3.05, 3.63) is 99.9 Å². The summed E-state index contributed by atoms with van der Waals surface area (Å²) >= 11 is 6.29. The van der Waals surface area contributed by atoms with Crippen LogP contribution >= 0.6 is 11.6 Å². The first-order valence-corrected chi connectivity index (χ1v) is 10.4. The maximum absolute atomic E-state index is 13.2. The molecule has 5 rings (SSSR count). The zero-order valence-electron chi connectivity index (χ0n) is 16.7. The van der Waals surface area contributed by atoms with Gasteiger partial charge in [-0.15, -0.1) is 0 Å². The number of benzene rings is 3. The minimum absolute atomic E-state index is 0.102. The van der Waals surface area contributed by atoms with E-state index in [0.717, 1.165) is 17.5 Å². The number of halogens is 1. The van der Waals surface area contributed by atoms with Crippen molar-refractivity contribution in [2.24, 2.45) is 0 Å². The van der Waals surface area contributed by atoms with Crippen molar-refractivity contribution in [1.29, 1.82) is 0 Å². The van der Waals surface area contributed by atoms with E-state index in [-0.39, 0.29) is 5.56 Å². The summed E-state index contributed by atoms with van der Waals surface area (Å²) in [5.41, 5.74) is 3.25. The van der Waals surface area contributed by atoms with Crippen molar-refractivity contribution in [3.8, 4) is 28.5 Å². The molecule has 0 radical (unpaired) electrons. The lowest BCUT2D eigenvalue weighted by Gasteiger charge is -2.11. The van der Waals surface area contributed by atoms with Crippen molar-refractivity contribution in [2.45, 2.75) is 13.3 Å². The monoisotopic (exact) mass is 427 g/mol. The van der Waals surface area contributed by atoms with Gasteiger partial charge in [0.15, 0.2) is 0 Å². The predicted molar refractivity (Wildman–Crippen MR) is 123 cm³/mol. The first-order valence-electron chi connectivity index (χ1n) is 9.98. The van der Waals surface area contributed by atoms with E-state index >= 15 is 0 Å². The molecule has 2 aromatic heterocycles. The average Bonchev–Trinajstić information content (AvgIpc) is 3.30. The third-order valence-electron chi connectivity index (χ3n) is 5.32. The van der Waals surface area contributed by atoms with Gasteiger partial charge in [0, 0.05) is 28.2 Å². The molecule has 2 heterocycles. The Labute approximate surface area is 183 Å². The molecule has 0 amide bonds. The molecule has 0 saturated carbocycles. The van der Waals surface area contributed by atoms with Crippen LogP contribution in [0.25, 0.3) is 39.3 Å². The van der Waals surface area contributed by atoms with Gasteiger partial charge in [-0.1, -0.05) is 66.1 Å². The van der Waals surface area contributed by atoms with Gasteiger partial charge >= 0.3 is 0 Å². The fourth-order valence-electron chi connectivity index (χ4n) is 3.63. The van der Waals surface area contributed by atoms with Crippen molar-refractivity contribution >= 4 is 22.4 Å². The first kappa shape index (κ1) is 19.3. The summed E-state index contributed by atoms with van der Waals surface area (Å²) in [5.74, 6) is 0.722. The number of nitrogens with zero attached hydrogens (tertiary/aromatic N) is 3. The highest BCUT2D eigenvalue weighted by molar-refractivity contribution is 6.33. The van der Waals surface area contributed by atoms with Crippen LogP contribution in [0, 0.1) is 0 Å². The Balaban J connectivity index is 1.71. The Bertz CT molecular complexity index is 1450. The first-order chi connectivity index (χ1) is 15.2. The highest BCUT2D eigenvalue weighted by Gasteiger charge is 2.18. The van der Waals surface area contributed by atoms with E-state index in [1.807, 2.05) is 66.7 Å². The molecule has 6 heteroatoms. The molecule has 0 bridgehead atoms. The molecule has 0 spiro atoms. The lowest BCUT2D eigenvalue weighted by molar-refractivity contribution is 0.432. The van der Waals surface area contributed by atoms with Gasteiger partial charge in [-0.2, -0.15) is 4.98 Å². The second kappa shape index (κ2) is 7.85. The molecule has 0 saturated heterocycles. The zero-order valence-corrected chi connectivity index (χ0v) is 17.5. The van der Waals surface area contributed by atoms with Gasteiger partial charge < -0.3 is 4.52 Å². The molecule has 152 valence electrons. The summed E-state index contributed by atoms with van der Waals surface area (Å²) < 4.78 is 7.22. The summed E-state index contributed by atoms with van der Waals surface area (Å²) in [7, 11) is 0. The van der Waals surface area contributed by atoms with Gasteiger partial charge in [-0.05, 0) is 42.3 Å².